The van der Waals surface area contributed by atoms with Crippen LogP contribution >= 0.6 is 11.3 Å². The van der Waals surface area contributed by atoms with Gasteiger partial charge in [0, 0.05) is 10.4 Å². The molecule has 4 rings (SSSR count). The highest BCUT2D eigenvalue weighted by molar-refractivity contribution is 7.11. The second-order valence-corrected chi connectivity index (χ2v) is 8.42. The van der Waals surface area contributed by atoms with E-state index in [0.29, 0.717) is 30.2 Å². The van der Waals surface area contributed by atoms with Crippen LogP contribution in [0.3, 0.4) is 0 Å². The normalized spacial score (nSPS) is 13.0. The molecule has 30 heavy (non-hydrogen) atoms. The van der Waals surface area contributed by atoms with Crippen molar-refractivity contribution in [3.63, 3.8) is 0 Å². The summed E-state index contributed by atoms with van der Waals surface area (Å²) in [7, 11) is 0. The van der Waals surface area contributed by atoms with Gasteiger partial charge in [-0.3, -0.25) is 4.79 Å². The topological polar surface area (TPSA) is 68.7 Å². The Hall–Kier alpha value is -3.19. The number of aryl methyl sites for hydroxylation is 2. The van der Waals surface area contributed by atoms with Gasteiger partial charge in [-0.15, -0.1) is 11.3 Å². The van der Waals surface area contributed by atoms with Gasteiger partial charge in [0.15, 0.2) is 6.61 Å². The van der Waals surface area contributed by atoms with Crippen molar-refractivity contribution in [3.05, 3.63) is 63.5 Å². The lowest BCUT2D eigenvalue weighted by atomic mass is 10.1. The maximum atomic E-state index is 12.7. The third-order valence-corrected chi connectivity index (χ3v) is 5.74. The molecule has 7 heteroatoms. The fraction of sp³-hybridized carbons (Fsp3) is 0.261. The second kappa shape index (κ2) is 8.28. The molecule has 2 aromatic carbocycles. The van der Waals surface area contributed by atoms with E-state index in [9.17, 15) is 9.59 Å². The predicted molar refractivity (Wildman–Crippen MR) is 116 cm³/mol. The van der Waals surface area contributed by atoms with E-state index in [1.807, 2.05) is 38.1 Å². The van der Waals surface area contributed by atoms with Gasteiger partial charge in [0.25, 0.3) is 5.91 Å². The largest absolute Gasteiger partial charge is 0.482 e. The van der Waals surface area contributed by atoms with E-state index >= 15 is 0 Å². The lowest BCUT2D eigenvalue weighted by Crippen LogP contribution is -2.38. The molecule has 0 saturated heterocycles. The molecule has 2 heterocycles. The van der Waals surface area contributed by atoms with E-state index < -0.39 is 0 Å². The second-order valence-electron chi connectivity index (χ2n) is 7.01. The van der Waals surface area contributed by atoms with Gasteiger partial charge in [-0.2, -0.15) is 0 Å². The van der Waals surface area contributed by atoms with E-state index in [0.717, 1.165) is 26.7 Å². The number of hydrogen-bond donors (Lipinski definition) is 0. The van der Waals surface area contributed by atoms with Crippen molar-refractivity contribution in [2.45, 2.75) is 27.3 Å². The first-order chi connectivity index (χ1) is 14.5. The van der Waals surface area contributed by atoms with Gasteiger partial charge >= 0.3 is 5.97 Å². The summed E-state index contributed by atoms with van der Waals surface area (Å²) in [4.78, 5) is 32.2. The van der Waals surface area contributed by atoms with Gasteiger partial charge in [0.2, 0.25) is 0 Å². The molecule has 0 bridgehead atoms. The zero-order chi connectivity index (χ0) is 21.3. The van der Waals surface area contributed by atoms with Crippen molar-refractivity contribution in [1.29, 1.82) is 0 Å². The fourth-order valence-electron chi connectivity index (χ4n) is 3.51. The highest BCUT2D eigenvalue weighted by Gasteiger charge is 2.27. The summed E-state index contributed by atoms with van der Waals surface area (Å²) < 4.78 is 10.7. The minimum atomic E-state index is -0.371. The molecule has 3 aromatic rings. The van der Waals surface area contributed by atoms with E-state index in [1.54, 1.807) is 41.4 Å². The first-order valence-electron chi connectivity index (χ1n) is 9.74. The van der Waals surface area contributed by atoms with Crippen molar-refractivity contribution in [1.82, 2.24) is 4.98 Å². The molecule has 1 aromatic heterocycles. The molecule has 1 aliphatic rings. The average molecular weight is 423 g/mol. The molecule has 0 radical (unpaired) electrons. The van der Waals surface area contributed by atoms with Gasteiger partial charge in [0.1, 0.15) is 5.75 Å². The number of amides is 1. The van der Waals surface area contributed by atoms with Crippen LogP contribution in [0.2, 0.25) is 0 Å². The Balaban J connectivity index is 1.68. The Morgan fingerprint density at radius 3 is 2.80 bits per heavy atom. The van der Waals surface area contributed by atoms with Crippen LogP contribution in [0.5, 0.6) is 5.75 Å². The minimum Gasteiger partial charge on any atom is -0.482 e. The van der Waals surface area contributed by atoms with Crippen molar-refractivity contribution >= 4 is 28.9 Å². The third kappa shape index (κ3) is 3.93. The van der Waals surface area contributed by atoms with E-state index in [4.69, 9.17) is 9.47 Å². The molecule has 0 saturated carbocycles. The van der Waals surface area contributed by atoms with Gasteiger partial charge in [-0.1, -0.05) is 12.1 Å². The van der Waals surface area contributed by atoms with Gasteiger partial charge < -0.3 is 14.4 Å². The summed E-state index contributed by atoms with van der Waals surface area (Å²) in [5.41, 5.74) is 3.88. The number of carbonyl (C=O) groups is 2. The number of hydrogen-bond acceptors (Lipinski definition) is 6. The number of nitrogens with zero attached hydrogens (tertiary/aromatic N) is 2. The van der Waals surface area contributed by atoms with Crippen molar-refractivity contribution < 1.29 is 19.1 Å². The summed E-state index contributed by atoms with van der Waals surface area (Å²) >= 11 is 1.65. The Bertz CT molecular complexity index is 1120. The SMILES string of the molecule is CCOC(=O)c1cccc(CN2C(=O)COc3ccc(-c4nc(C)sc4C)cc32)c1. The number of anilines is 1. The predicted octanol–water partition coefficient (Wildman–Crippen LogP) is 4.53. The number of benzene rings is 2. The fourth-order valence-corrected chi connectivity index (χ4v) is 4.35. The highest BCUT2D eigenvalue weighted by atomic mass is 32.1. The minimum absolute atomic E-state index is 0.0151. The molecular weight excluding hydrogens is 400 g/mol. The average Bonchev–Trinajstić information content (AvgIpc) is 3.08. The first kappa shape index (κ1) is 20.1. The van der Waals surface area contributed by atoms with E-state index in [-0.39, 0.29) is 18.5 Å². The molecule has 1 amide bonds. The van der Waals surface area contributed by atoms with Crippen LogP contribution in [0, 0.1) is 13.8 Å². The zero-order valence-electron chi connectivity index (χ0n) is 17.1. The Labute approximate surface area is 179 Å². The summed E-state index contributed by atoms with van der Waals surface area (Å²) in [5, 5.41) is 1.00. The summed E-state index contributed by atoms with van der Waals surface area (Å²) in [5.74, 6) is 0.154. The van der Waals surface area contributed by atoms with E-state index in [2.05, 4.69) is 4.98 Å². The van der Waals surface area contributed by atoms with Crippen LogP contribution in [0.4, 0.5) is 5.69 Å². The molecule has 0 N–H and O–H groups in total. The monoisotopic (exact) mass is 422 g/mol. The number of fused-ring (bicyclic) bond motifs is 1. The number of rotatable bonds is 5. The van der Waals surface area contributed by atoms with Crippen LogP contribution in [0.1, 0.15) is 32.7 Å². The Morgan fingerprint density at radius 2 is 2.07 bits per heavy atom. The first-order valence-corrected chi connectivity index (χ1v) is 10.6. The van der Waals surface area contributed by atoms with Gasteiger partial charge in [0.05, 0.1) is 35.1 Å². The zero-order valence-corrected chi connectivity index (χ0v) is 17.9. The molecule has 0 unspecified atom stereocenters. The van der Waals surface area contributed by atoms with Crippen LogP contribution in [-0.4, -0.2) is 30.1 Å². The highest BCUT2D eigenvalue weighted by Crippen LogP contribution is 2.38. The molecule has 0 spiro atoms. The van der Waals surface area contributed by atoms with Crippen LogP contribution in [0.25, 0.3) is 11.3 Å². The van der Waals surface area contributed by atoms with E-state index in [1.165, 1.54) is 0 Å². The molecular formula is C23H22N2O4S. The van der Waals surface area contributed by atoms with Crippen LogP contribution < -0.4 is 9.64 Å². The number of esters is 1. The van der Waals surface area contributed by atoms with Crippen LogP contribution in [-0.2, 0) is 16.1 Å². The molecule has 0 atom stereocenters. The Morgan fingerprint density at radius 1 is 1.23 bits per heavy atom. The summed E-state index contributed by atoms with van der Waals surface area (Å²) in [6.45, 7) is 6.43. The maximum absolute atomic E-state index is 12.7. The Kier molecular flexibility index (Phi) is 5.55. The number of carbonyl (C=O) groups excluding carboxylic acids is 2. The summed E-state index contributed by atoms with van der Waals surface area (Å²) in [6, 6.07) is 13.0. The van der Waals surface area contributed by atoms with Crippen molar-refractivity contribution in [2.75, 3.05) is 18.1 Å². The van der Waals surface area contributed by atoms with Crippen molar-refractivity contribution in [3.8, 4) is 17.0 Å². The number of aromatic nitrogens is 1. The lowest BCUT2D eigenvalue weighted by Gasteiger charge is -2.30. The quantitative estimate of drug-likeness (QED) is 0.565. The van der Waals surface area contributed by atoms with Crippen molar-refractivity contribution in [2.24, 2.45) is 0 Å². The van der Waals surface area contributed by atoms with Gasteiger partial charge in [-0.25, -0.2) is 9.78 Å². The third-order valence-electron chi connectivity index (χ3n) is 4.86. The van der Waals surface area contributed by atoms with Crippen LogP contribution in [0.15, 0.2) is 42.5 Å². The number of ether oxygens (including phenoxy) is 2. The number of thiazole rings is 1. The molecule has 1 aliphatic heterocycles. The molecule has 154 valence electrons. The van der Waals surface area contributed by atoms with Gasteiger partial charge in [-0.05, 0) is 56.7 Å². The standard InChI is InChI=1S/C23H22N2O4S/c1-4-28-23(27)18-7-5-6-16(10-18)12-25-19-11-17(22-14(2)30-15(3)24-22)8-9-20(19)29-13-21(25)26/h5-11H,4,12-13H2,1-3H3. The lowest BCUT2D eigenvalue weighted by molar-refractivity contribution is -0.121. The molecule has 0 fully saturated rings. The smallest absolute Gasteiger partial charge is 0.338 e. The summed E-state index contributed by atoms with van der Waals surface area (Å²) in [6.07, 6.45) is 0. The molecule has 0 aliphatic carbocycles. The molecule has 6 nitrogen and oxygen atoms in total. The maximum Gasteiger partial charge on any atom is 0.338 e.